The van der Waals surface area contributed by atoms with Crippen LogP contribution in [0.2, 0.25) is 0 Å². The third-order valence-corrected chi connectivity index (χ3v) is 4.01. The number of hydrogen-bond donors (Lipinski definition) is 4. The zero-order valence-corrected chi connectivity index (χ0v) is 15.7. The molecule has 0 aliphatic carbocycles. The number of carbonyl (C=O) groups excluding carboxylic acids is 2. The molecule has 0 bridgehead atoms. The summed E-state index contributed by atoms with van der Waals surface area (Å²) in [4.78, 5) is 25.0. The van der Waals surface area contributed by atoms with E-state index in [-0.39, 0.29) is 29.4 Å². The second-order valence-corrected chi connectivity index (χ2v) is 6.47. The Hall–Kier alpha value is -2.52. The van der Waals surface area contributed by atoms with Crippen LogP contribution >= 0.6 is 0 Å². The number of rotatable bonds is 8. The van der Waals surface area contributed by atoms with E-state index in [0.717, 1.165) is 0 Å². The van der Waals surface area contributed by atoms with Crippen LogP contribution in [0.5, 0.6) is 0 Å². The fourth-order valence-electron chi connectivity index (χ4n) is 2.84. The number of ether oxygens (including phenoxy) is 2. The summed E-state index contributed by atoms with van der Waals surface area (Å²) in [5, 5.41) is 39.7. The molecule has 0 aromatic heterocycles. The number of benzene rings is 2. The first-order valence-corrected chi connectivity index (χ1v) is 8.98. The zero-order chi connectivity index (χ0) is 20.9. The van der Waals surface area contributed by atoms with E-state index in [9.17, 15) is 30.0 Å². The summed E-state index contributed by atoms with van der Waals surface area (Å²) in [5.74, 6) is -7.37. The molecular formula is C20H24O8. The van der Waals surface area contributed by atoms with Gasteiger partial charge in [-0.25, -0.2) is 9.59 Å². The van der Waals surface area contributed by atoms with Gasteiger partial charge >= 0.3 is 23.9 Å². The molecule has 0 radical (unpaired) electrons. The minimum absolute atomic E-state index is 0.0920. The molecule has 0 heterocycles. The van der Waals surface area contributed by atoms with E-state index in [1.54, 1.807) is 38.1 Å². The monoisotopic (exact) mass is 392 g/mol. The van der Waals surface area contributed by atoms with E-state index in [1.807, 2.05) is 0 Å². The molecule has 0 fully saturated rings. The van der Waals surface area contributed by atoms with Crippen molar-refractivity contribution in [2.45, 2.75) is 51.5 Å². The Bertz CT molecular complexity index is 790. The largest absolute Gasteiger partial charge is 0.404 e. The fraction of sp³-hybridized carbons (Fsp3) is 0.400. The Balaban J connectivity index is 2.47. The Kier molecular flexibility index (Phi) is 6.73. The van der Waals surface area contributed by atoms with Gasteiger partial charge in [-0.05, 0) is 30.4 Å². The lowest BCUT2D eigenvalue weighted by Gasteiger charge is -2.22. The van der Waals surface area contributed by atoms with Crippen molar-refractivity contribution in [3.8, 4) is 0 Å². The Morgan fingerprint density at radius 2 is 1.18 bits per heavy atom. The van der Waals surface area contributed by atoms with Crippen molar-refractivity contribution in [3.05, 3.63) is 47.5 Å². The lowest BCUT2D eigenvalue weighted by atomic mass is 9.99. The van der Waals surface area contributed by atoms with Gasteiger partial charge in [-0.3, -0.25) is 0 Å². The zero-order valence-electron chi connectivity index (χ0n) is 15.7. The van der Waals surface area contributed by atoms with Crippen molar-refractivity contribution in [1.29, 1.82) is 0 Å². The molecule has 8 heteroatoms. The second-order valence-electron chi connectivity index (χ2n) is 6.47. The predicted octanol–water partition coefficient (Wildman–Crippen LogP) is 2.03. The summed E-state index contributed by atoms with van der Waals surface area (Å²) >= 11 is 0. The Morgan fingerprint density at radius 3 is 1.54 bits per heavy atom. The lowest BCUT2D eigenvalue weighted by molar-refractivity contribution is -0.311. The molecular weight excluding hydrogens is 368 g/mol. The first kappa shape index (κ1) is 21.8. The standard InChI is InChI=1S/C20H24O8/c1-3-11-19(23,24)27-17(21)14-9-5-7-13-8-6-10-15(16(13)14)18(22)28-20(25,26)12-4-2/h5-10,23-26H,3-4,11-12H2,1-2H3. The van der Waals surface area contributed by atoms with Crippen LogP contribution in [-0.4, -0.2) is 44.3 Å². The molecule has 28 heavy (non-hydrogen) atoms. The van der Waals surface area contributed by atoms with Gasteiger partial charge in [-0.2, -0.15) is 0 Å². The SMILES string of the molecule is CCCC(O)(O)OC(=O)c1cccc2cccc(C(=O)OC(O)(O)CCC)c12. The van der Waals surface area contributed by atoms with Crippen LogP contribution in [0.15, 0.2) is 36.4 Å². The van der Waals surface area contributed by atoms with Gasteiger partial charge in [0.1, 0.15) is 0 Å². The average Bonchev–Trinajstić information content (AvgIpc) is 2.59. The molecule has 152 valence electrons. The topological polar surface area (TPSA) is 134 Å². The molecule has 2 aromatic carbocycles. The lowest BCUT2D eigenvalue weighted by Crippen LogP contribution is -2.35. The van der Waals surface area contributed by atoms with Gasteiger partial charge in [0, 0.05) is 18.2 Å². The third kappa shape index (κ3) is 5.26. The van der Waals surface area contributed by atoms with Crippen LogP contribution in [0.25, 0.3) is 10.8 Å². The Morgan fingerprint density at radius 1 is 0.786 bits per heavy atom. The summed E-state index contributed by atoms with van der Waals surface area (Å²) in [7, 11) is 0. The van der Waals surface area contributed by atoms with E-state index in [0.29, 0.717) is 18.2 Å². The van der Waals surface area contributed by atoms with Crippen molar-refractivity contribution >= 4 is 22.7 Å². The van der Waals surface area contributed by atoms with Gasteiger partial charge in [0.15, 0.2) is 0 Å². The predicted molar refractivity (Wildman–Crippen MR) is 98.9 cm³/mol. The number of carbonyl (C=O) groups is 2. The first-order valence-electron chi connectivity index (χ1n) is 8.98. The maximum absolute atomic E-state index is 12.5. The normalized spacial score (nSPS) is 12.1. The second kappa shape index (κ2) is 8.66. The highest BCUT2D eigenvalue weighted by molar-refractivity contribution is 6.13. The van der Waals surface area contributed by atoms with Crippen molar-refractivity contribution < 1.29 is 39.5 Å². The molecule has 0 aliphatic heterocycles. The average molecular weight is 392 g/mol. The summed E-state index contributed by atoms with van der Waals surface area (Å²) < 4.78 is 9.54. The minimum Gasteiger partial charge on any atom is -0.404 e. The molecule has 0 aliphatic rings. The molecule has 4 N–H and O–H groups in total. The number of esters is 2. The number of hydrogen-bond acceptors (Lipinski definition) is 8. The molecule has 0 unspecified atom stereocenters. The van der Waals surface area contributed by atoms with Crippen LogP contribution in [-0.2, 0) is 9.47 Å². The third-order valence-electron chi connectivity index (χ3n) is 4.01. The van der Waals surface area contributed by atoms with E-state index in [4.69, 9.17) is 9.47 Å². The molecule has 0 atom stereocenters. The number of fused-ring (bicyclic) bond motifs is 1. The van der Waals surface area contributed by atoms with Gasteiger partial charge in [-0.15, -0.1) is 0 Å². The fourth-order valence-corrected chi connectivity index (χ4v) is 2.84. The number of aliphatic hydroxyl groups is 4. The summed E-state index contributed by atoms with van der Waals surface area (Å²) in [6.07, 6.45) is 0.347. The Labute approximate surface area is 161 Å². The highest BCUT2D eigenvalue weighted by Gasteiger charge is 2.31. The van der Waals surface area contributed by atoms with Gasteiger partial charge in [0.2, 0.25) is 0 Å². The molecule has 0 spiro atoms. The van der Waals surface area contributed by atoms with Crippen LogP contribution in [0, 0.1) is 0 Å². The van der Waals surface area contributed by atoms with Crippen molar-refractivity contribution in [1.82, 2.24) is 0 Å². The van der Waals surface area contributed by atoms with E-state index < -0.39 is 23.9 Å². The molecule has 0 saturated carbocycles. The summed E-state index contributed by atoms with van der Waals surface area (Å²) in [6.45, 7) is 3.38. The van der Waals surface area contributed by atoms with E-state index in [1.165, 1.54) is 12.1 Å². The maximum Gasteiger partial charge on any atom is 0.343 e. The van der Waals surface area contributed by atoms with Crippen LogP contribution in [0.3, 0.4) is 0 Å². The van der Waals surface area contributed by atoms with E-state index >= 15 is 0 Å². The van der Waals surface area contributed by atoms with Gasteiger partial charge in [0.05, 0.1) is 11.1 Å². The summed E-state index contributed by atoms with van der Waals surface area (Å²) in [5.41, 5.74) is -0.184. The molecule has 0 saturated heterocycles. The van der Waals surface area contributed by atoms with Crippen LogP contribution < -0.4 is 0 Å². The van der Waals surface area contributed by atoms with Crippen LogP contribution in [0.4, 0.5) is 0 Å². The highest BCUT2D eigenvalue weighted by Crippen LogP contribution is 2.27. The molecule has 2 aromatic rings. The molecule has 2 rings (SSSR count). The maximum atomic E-state index is 12.5. The molecule has 8 nitrogen and oxygen atoms in total. The van der Waals surface area contributed by atoms with Gasteiger partial charge in [-0.1, -0.05) is 38.1 Å². The van der Waals surface area contributed by atoms with Crippen molar-refractivity contribution in [2.24, 2.45) is 0 Å². The molecule has 0 amide bonds. The first-order chi connectivity index (χ1) is 13.1. The quantitative estimate of drug-likeness (QED) is 0.396. The van der Waals surface area contributed by atoms with Crippen molar-refractivity contribution in [3.63, 3.8) is 0 Å². The van der Waals surface area contributed by atoms with Crippen LogP contribution in [0.1, 0.15) is 60.2 Å². The van der Waals surface area contributed by atoms with E-state index in [2.05, 4.69) is 0 Å². The summed E-state index contributed by atoms with van der Waals surface area (Å²) in [6, 6.07) is 9.09. The highest BCUT2D eigenvalue weighted by atomic mass is 16.8. The minimum atomic E-state index is -2.64. The smallest absolute Gasteiger partial charge is 0.343 e. The van der Waals surface area contributed by atoms with Gasteiger partial charge in [0.25, 0.3) is 0 Å². The van der Waals surface area contributed by atoms with Crippen molar-refractivity contribution in [2.75, 3.05) is 0 Å². The van der Waals surface area contributed by atoms with Gasteiger partial charge < -0.3 is 29.9 Å².